The van der Waals surface area contributed by atoms with Gasteiger partial charge < -0.3 is 9.26 Å². The molecule has 3 aromatic heterocycles. The number of nitrogens with zero attached hydrogens (tertiary/aromatic N) is 6. The first-order valence-corrected chi connectivity index (χ1v) is 10.1. The predicted octanol–water partition coefficient (Wildman–Crippen LogP) is 4.06. The fourth-order valence-electron chi connectivity index (χ4n) is 3.61. The molecule has 0 atom stereocenters. The summed E-state index contributed by atoms with van der Waals surface area (Å²) in [4.78, 5) is 21.7. The van der Waals surface area contributed by atoms with E-state index in [1.165, 1.54) is 17.0 Å². The summed E-state index contributed by atoms with van der Waals surface area (Å²) in [6.07, 6.45) is 1.69. The molecule has 1 amide bonds. The van der Waals surface area contributed by atoms with Gasteiger partial charge in [0.2, 0.25) is 0 Å². The van der Waals surface area contributed by atoms with E-state index in [9.17, 15) is 13.6 Å². The van der Waals surface area contributed by atoms with Crippen molar-refractivity contribution in [3.8, 4) is 22.9 Å². The van der Waals surface area contributed by atoms with Crippen LogP contribution in [-0.4, -0.2) is 43.1 Å². The average molecular weight is 452 g/mol. The van der Waals surface area contributed by atoms with Crippen molar-refractivity contribution in [1.29, 1.82) is 0 Å². The van der Waals surface area contributed by atoms with Gasteiger partial charge in [-0.15, -0.1) is 0 Å². The maximum Gasteiger partial charge on any atom is 0.416 e. The summed E-state index contributed by atoms with van der Waals surface area (Å²) < 4.78 is 40.4. The topological polar surface area (TPSA) is 99.2 Å². The molecule has 4 heterocycles. The van der Waals surface area contributed by atoms with E-state index in [1.54, 1.807) is 44.2 Å². The summed E-state index contributed by atoms with van der Waals surface area (Å²) in [5.74, 6) is -1.28. The molecule has 1 fully saturated rings. The van der Waals surface area contributed by atoms with Crippen LogP contribution in [0, 0.1) is 11.6 Å². The zero-order valence-electron chi connectivity index (χ0n) is 17.7. The Labute approximate surface area is 186 Å². The van der Waals surface area contributed by atoms with Crippen LogP contribution in [0.25, 0.3) is 22.9 Å². The lowest BCUT2D eigenvalue weighted by Crippen LogP contribution is -2.43. The Bertz CT molecular complexity index is 1340. The van der Waals surface area contributed by atoms with Crippen molar-refractivity contribution < 1.29 is 22.8 Å². The number of ether oxygens (including phenoxy) is 1. The summed E-state index contributed by atoms with van der Waals surface area (Å²) >= 11 is 0. The first kappa shape index (κ1) is 20.7. The second kappa shape index (κ2) is 7.76. The second-order valence-electron chi connectivity index (χ2n) is 8.12. The highest BCUT2D eigenvalue weighted by atomic mass is 19.1. The molecule has 1 saturated heterocycles. The van der Waals surface area contributed by atoms with Gasteiger partial charge in [-0.05, 0) is 26.0 Å². The van der Waals surface area contributed by atoms with Crippen molar-refractivity contribution in [2.24, 2.45) is 0 Å². The molecule has 168 valence electrons. The summed E-state index contributed by atoms with van der Waals surface area (Å²) in [5.41, 5.74) is 0.906. The van der Waals surface area contributed by atoms with Gasteiger partial charge in [-0.2, -0.15) is 5.10 Å². The largest absolute Gasteiger partial charge is 0.447 e. The molecule has 33 heavy (non-hydrogen) atoms. The van der Waals surface area contributed by atoms with Gasteiger partial charge >= 0.3 is 6.09 Å². The minimum atomic E-state index is -0.792. The number of cyclic esters (lactones) is 1. The van der Waals surface area contributed by atoms with Crippen LogP contribution in [0.15, 0.2) is 53.4 Å². The molecule has 0 unspecified atom stereocenters. The Morgan fingerprint density at radius 1 is 1.12 bits per heavy atom. The van der Waals surface area contributed by atoms with Crippen LogP contribution in [0.3, 0.4) is 0 Å². The van der Waals surface area contributed by atoms with Gasteiger partial charge in [0.15, 0.2) is 17.5 Å². The lowest BCUT2D eigenvalue weighted by Gasteiger charge is -2.26. The number of amides is 1. The summed E-state index contributed by atoms with van der Waals surface area (Å²) in [6, 6.07) is 9.62. The van der Waals surface area contributed by atoms with Crippen molar-refractivity contribution in [3.05, 3.63) is 66.1 Å². The molecule has 1 aliphatic heterocycles. The molecule has 11 heteroatoms. The fourth-order valence-corrected chi connectivity index (χ4v) is 3.61. The molecule has 1 aromatic carbocycles. The number of anilines is 1. The number of hydrogen-bond acceptors (Lipinski definition) is 7. The Balaban J connectivity index is 1.59. The Morgan fingerprint density at radius 2 is 1.94 bits per heavy atom. The average Bonchev–Trinajstić information content (AvgIpc) is 3.50. The Kier molecular flexibility index (Phi) is 4.88. The standard InChI is InChI=1S/C22H18F2N6O3/c1-22(2)12-32-21(31)30(22)20-15(24)10-25-19(26-20)17-9-18(16-7-8-33-28-16)29(27-17)11-13-5-3-4-6-14(13)23/h3-10H,11-12H2,1-2H3. The third kappa shape index (κ3) is 3.71. The van der Waals surface area contributed by atoms with Crippen molar-refractivity contribution in [1.82, 2.24) is 24.9 Å². The minimum absolute atomic E-state index is 0.0823. The molecule has 0 radical (unpaired) electrons. The summed E-state index contributed by atoms with van der Waals surface area (Å²) in [7, 11) is 0. The minimum Gasteiger partial charge on any atom is -0.447 e. The van der Waals surface area contributed by atoms with E-state index in [4.69, 9.17) is 9.26 Å². The van der Waals surface area contributed by atoms with Gasteiger partial charge in [-0.1, -0.05) is 23.4 Å². The lowest BCUT2D eigenvalue weighted by molar-refractivity contribution is 0.175. The lowest BCUT2D eigenvalue weighted by atomic mass is 10.1. The van der Waals surface area contributed by atoms with E-state index in [1.807, 2.05) is 0 Å². The molecular formula is C22H18F2N6O3. The van der Waals surface area contributed by atoms with Gasteiger partial charge in [-0.25, -0.2) is 28.4 Å². The molecule has 0 saturated carbocycles. The molecule has 9 nitrogen and oxygen atoms in total. The first-order valence-electron chi connectivity index (χ1n) is 10.1. The van der Waals surface area contributed by atoms with Gasteiger partial charge in [0.05, 0.1) is 24.0 Å². The van der Waals surface area contributed by atoms with Gasteiger partial charge in [0.25, 0.3) is 0 Å². The SMILES string of the molecule is CC1(C)COC(=O)N1c1nc(-c2cc(-c3ccon3)n(Cc3ccccc3F)n2)ncc1F. The number of carbonyl (C=O) groups is 1. The normalized spacial score (nSPS) is 15.2. The molecule has 0 N–H and O–H groups in total. The highest BCUT2D eigenvalue weighted by Crippen LogP contribution is 2.32. The number of benzene rings is 1. The van der Waals surface area contributed by atoms with Crippen LogP contribution in [0.4, 0.5) is 19.4 Å². The van der Waals surface area contributed by atoms with Gasteiger partial charge in [-0.3, -0.25) is 4.68 Å². The van der Waals surface area contributed by atoms with Crippen molar-refractivity contribution in [3.63, 3.8) is 0 Å². The van der Waals surface area contributed by atoms with E-state index in [0.29, 0.717) is 17.0 Å². The highest BCUT2D eigenvalue weighted by Gasteiger charge is 2.43. The molecule has 5 rings (SSSR count). The zero-order chi connectivity index (χ0) is 23.2. The van der Waals surface area contributed by atoms with Crippen molar-refractivity contribution in [2.75, 3.05) is 11.5 Å². The highest BCUT2D eigenvalue weighted by molar-refractivity contribution is 5.90. The van der Waals surface area contributed by atoms with Crippen LogP contribution in [-0.2, 0) is 11.3 Å². The van der Waals surface area contributed by atoms with Crippen LogP contribution in [0.2, 0.25) is 0 Å². The maximum atomic E-state index is 14.6. The van der Waals surface area contributed by atoms with Crippen molar-refractivity contribution >= 4 is 11.9 Å². The number of carbonyl (C=O) groups excluding carboxylic acids is 1. The second-order valence-corrected chi connectivity index (χ2v) is 8.12. The van der Waals surface area contributed by atoms with E-state index < -0.39 is 17.4 Å². The molecule has 0 spiro atoms. The molecule has 1 aliphatic rings. The van der Waals surface area contributed by atoms with E-state index in [-0.39, 0.29) is 36.3 Å². The smallest absolute Gasteiger partial charge is 0.416 e. The van der Waals surface area contributed by atoms with E-state index >= 15 is 0 Å². The Hall–Kier alpha value is -4.15. The molecule has 4 aromatic rings. The quantitative estimate of drug-likeness (QED) is 0.450. The number of rotatable bonds is 5. The van der Waals surface area contributed by atoms with Crippen LogP contribution >= 0.6 is 0 Å². The molecular weight excluding hydrogens is 434 g/mol. The van der Waals surface area contributed by atoms with Gasteiger partial charge in [0.1, 0.15) is 30.1 Å². The maximum absolute atomic E-state index is 14.6. The summed E-state index contributed by atoms with van der Waals surface area (Å²) in [6.45, 7) is 3.68. The predicted molar refractivity (Wildman–Crippen MR) is 112 cm³/mol. The number of halogens is 2. The van der Waals surface area contributed by atoms with Crippen LogP contribution in [0.5, 0.6) is 0 Å². The monoisotopic (exact) mass is 452 g/mol. The number of aromatic nitrogens is 5. The van der Waals surface area contributed by atoms with Gasteiger partial charge in [0, 0.05) is 11.6 Å². The zero-order valence-corrected chi connectivity index (χ0v) is 17.7. The molecule has 0 aliphatic carbocycles. The third-order valence-corrected chi connectivity index (χ3v) is 5.26. The van der Waals surface area contributed by atoms with E-state index in [0.717, 1.165) is 11.1 Å². The first-order chi connectivity index (χ1) is 15.8. The van der Waals surface area contributed by atoms with E-state index in [2.05, 4.69) is 20.2 Å². The third-order valence-electron chi connectivity index (χ3n) is 5.26. The van der Waals surface area contributed by atoms with Crippen LogP contribution < -0.4 is 4.90 Å². The molecule has 0 bridgehead atoms. The Morgan fingerprint density at radius 3 is 2.64 bits per heavy atom. The van der Waals surface area contributed by atoms with Crippen molar-refractivity contribution in [2.45, 2.75) is 25.9 Å². The number of hydrogen-bond donors (Lipinski definition) is 0. The van der Waals surface area contributed by atoms with Crippen LogP contribution in [0.1, 0.15) is 19.4 Å². The summed E-state index contributed by atoms with van der Waals surface area (Å²) in [5, 5.41) is 8.45. The fraction of sp³-hybridized carbons (Fsp3) is 0.227.